The Hall–Kier alpha value is -1.56. The van der Waals surface area contributed by atoms with Crippen LogP contribution in [0.1, 0.15) is 36.1 Å². The maximum absolute atomic E-state index is 12.0. The van der Waals surface area contributed by atoms with Crippen LogP contribution in [0.15, 0.2) is 17.2 Å². The lowest BCUT2D eigenvalue weighted by molar-refractivity contribution is -0.145. The predicted octanol–water partition coefficient (Wildman–Crippen LogP) is 3.20. The highest BCUT2D eigenvalue weighted by molar-refractivity contribution is 7.12. The van der Waals surface area contributed by atoms with Crippen molar-refractivity contribution in [2.24, 2.45) is 5.11 Å². The minimum Gasteiger partial charge on any atom is -0.465 e. The molecule has 0 spiro atoms. The maximum Gasteiger partial charge on any atom is 0.328 e. The highest BCUT2D eigenvalue weighted by Gasteiger charge is 2.22. The van der Waals surface area contributed by atoms with Gasteiger partial charge in [-0.3, -0.25) is 0 Å². The molecule has 110 valence electrons. The van der Waals surface area contributed by atoms with Crippen LogP contribution in [-0.4, -0.2) is 25.7 Å². The topological polar surface area (TPSA) is 87.1 Å². The number of hydrogen-bond donors (Lipinski definition) is 1. The molecule has 1 rings (SSSR count). The molecule has 1 aromatic heterocycles. The van der Waals surface area contributed by atoms with Crippen molar-refractivity contribution in [1.82, 2.24) is 5.32 Å². The average Bonchev–Trinajstić information content (AvgIpc) is 2.91. The number of carbonyl (C=O) groups is 1. The van der Waals surface area contributed by atoms with Gasteiger partial charge in [-0.15, -0.1) is 11.3 Å². The summed E-state index contributed by atoms with van der Waals surface area (Å²) < 4.78 is 5.10. The highest BCUT2D eigenvalue weighted by atomic mass is 32.1. The highest BCUT2D eigenvalue weighted by Crippen LogP contribution is 2.24. The zero-order valence-electron chi connectivity index (χ0n) is 11.8. The number of esters is 1. The van der Waals surface area contributed by atoms with Crippen molar-refractivity contribution < 1.29 is 9.53 Å². The van der Waals surface area contributed by atoms with Crippen LogP contribution >= 0.6 is 11.3 Å². The first-order chi connectivity index (χ1) is 9.72. The van der Waals surface area contributed by atoms with Crippen molar-refractivity contribution in [3.8, 4) is 0 Å². The summed E-state index contributed by atoms with van der Waals surface area (Å²) in [5.41, 5.74) is 8.21. The molecule has 1 atom stereocenters. The SMILES string of the molecule is CCOC(=O)C(NCCCN=[N+]=[N-])c1ccc(CC)s1. The van der Waals surface area contributed by atoms with Gasteiger partial charge in [0.05, 0.1) is 6.61 Å². The van der Waals surface area contributed by atoms with Crippen LogP contribution in [0.4, 0.5) is 0 Å². The lowest BCUT2D eigenvalue weighted by atomic mass is 10.2. The van der Waals surface area contributed by atoms with Gasteiger partial charge in [0, 0.05) is 21.2 Å². The second-order valence-corrected chi connectivity index (χ2v) is 5.30. The molecule has 0 saturated heterocycles. The monoisotopic (exact) mass is 296 g/mol. The first-order valence-corrected chi connectivity index (χ1v) is 7.54. The zero-order chi connectivity index (χ0) is 14.8. The number of azide groups is 1. The van der Waals surface area contributed by atoms with E-state index in [9.17, 15) is 4.79 Å². The molecule has 6 nitrogen and oxygen atoms in total. The van der Waals surface area contributed by atoms with Gasteiger partial charge in [-0.05, 0) is 44.0 Å². The lowest BCUT2D eigenvalue weighted by Crippen LogP contribution is -2.30. The third-order valence-electron chi connectivity index (χ3n) is 2.68. The molecule has 0 radical (unpaired) electrons. The van der Waals surface area contributed by atoms with Crippen molar-refractivity contribution in [2.75, 3.05) is 19.7 Å². The van der Waals surface area contributed by atoms with E-state index in [0.29, 0.717) is 26.1 Å². The summed E-state index contributed by atoms with van der Waals surface area (Å²) in [6.45, 7) is 5.26. The molecule has 1 unspecified atom stereocenters. The van der Waals surface area contributed by atoms with Gasteiger partial charge >= 0.3 is 5.97 Å². The number of thiophene rings is 1. The van der Waals surface area contributed by atoms with E-state index in [-0.39, 0.29) is 5.97 Å². The average molecular weight is 296 g/mol. The lowest BCUT2D eigenvalue weighted by Gasteiger charge is -2.15. The molecular weight excluding hydrogens is 276 g/mol. The Morgan fingerprint density at radius 2 is 2.35 bits per heavy atom. The Morgan fingerprint density at radius 3 is 2.95 bits per heavy atom. The molecule has 1 aromatic rings. The molecule has 0 bridgehead atoms. The fourth-order valence-corrected chi connectivity index (χ4v) is 2.72. The Labute approximate surface area is 122 Å². The summed E-state index contributed by atoms with van der Waals surface area (Å²) in [7, 11) is 0. The van der Waals surface area contributed by atoms with Gasteiger partial charge in [0.25, 0.3) is 0 Å². The summed E-state index contributed by atoms with van der Waals surface area (Å²) in [4.78, 5) is 16.9. The Morgan fingerprint density at radius 1 is 1.55 bits per heavy atom. The van der Waals surface area contributed by atoms with Crippen LogP contribution in [0.5, 0.6) is 0 Å². The maximum atomic E-state index is 12.0. The largest absolute Gasteiger partial charge is 0.465 e. The van der Waals surface area contributed by atoms with Crippen molar-refractivity contribution >= 4 is 17.3 Å². The van der Waals surface area contributed by atoms with Crippen LogP contribution in [0.3, 0.4) is 0 Å². The smallest absolute Gasteiger partial charge is 0.328 e. The van der Waals surface area contributed by atoms with E-state index < -0.39 is 6.04 Å². The van der Waals surface area contributed by atoms with E-state index in [2.05, 4.69) is 22.3 Å². The van der Waals surface area contributed by atoms with E-state index in [1.165, 1.54) is 4.88 Å². The van der Waals surface area contributed by atoms with Crippen LogP contribution in [0, 0.1) is 0 Å². The fraction of sp³-hybridized carbons (Fsp3) is 0.615. The van der Waals surface area contributed by atoms with Crippen molar-refractivity contribution in [3.05, 3.63) is 32.3 Å². The second-order valence-electron chi connectivity index (χ2n) is 4.10. The molecular formula is C13H20N4O2S. The van der Waals surface area contributed by atoms with Gasteiger partial charge in [-0.25, -0.2) is 4.79 Å². The molecule has 0 fully saturated rings. The summed E-state index contributed by atoms with van der Waals surface area (Å²) in [5, 5.41) is 6.64. The van der Waals surface area contributed by atoms with Crippen molar-refractivity contribution in [1.29, 1.82) is 0 Å². The van der Waals surface area contributed by atoms with Crippen LogP contribution in [-0.2, 0) is 16.0 Å². The molecule has 1 N–H and O–H groups in total. The summed E-state index contributed by atoms with van der Waals surface area (Å²) in [5.74, 6) is -0.263. The van der Waals surface area contributed by atoms with Crippen LogP contribution in [0.2, 0.25) is 0 Å². The van der Waals surface area contributed by atoms with Crippen LogP contribution in [0.25, 0.3) is 10.4 Å². The van der Waals surface area contributed by atoms with Crippen molar-refractivity contribution in [3.63, 3.8) is 0 Å². The molecule has 1 heterocycles. The normalized spacial score (nSPS) is 11.7. The molecule has 0 aliphatic heterocycles. The third kappa shape index (κ3) is 5.21. The fourth-order valence-electron chi connectivity index (χ4n) is 1.71. The summed E-state index contributed by atoms with van der Waals surface area (Å²) >= 11 is 1.62. The van der Waals surface area contributed by atoms with E-state index in [4.69, 9.17) is 10.3 Å². The number of nitrogens with zero attached hydrogens (tertiary/aromatic N) is 3. The molecule has 20 heavy (non-hydrogen) atoms. The number of hydrogen-bond acceptors (Lipinski definition) is 5. The summed E-state index contributed by atoms with van der Waals surface area (Å²) in [6, 6.07) is 3.56. The number of nitrogens with one attached hydrogen (secondary N) is 1. The van der Waals surface area contributed by atoms with E-state index >= 15 is 0 Å². The number of carbonyl (C=O) groups excluding carboxylic acids is 1. The molecule has 0 aliphatic carbocycles. The van der Waals surface area contributed by atoms with Gasteiger partial charge < -0.3 is 10.1 Å². The van der Waals surface area contributed by atoms with E-state index in [0.717, 1.165) is 11.3 Å². The van der Waals surface area contributed by atoms with E-state index in [1.54, 1.807) is 18.3 Å². The van der Waals surface area contributed by atoms with Gasteiger partial charge in [0.15, 0.2) is 0 Å². The van der Waals surface area contributed by atoms with E-state index in [1.807, 2.05) is 12.1 Å². The minimum atomic E-state index is -0.439. The van der Waals surface area contributed by atoms with Crippen molar-refractivity contribution in [2.45, 2.75) is 32.7 Å². The van der Waals surface area contributed by atoms with Gasteiger partial charge in [-0.1, -0.05) is 12.0 Å². The number of rotatable bonds is 9. The molecule has 0 saturated carbocycles. The molecule has 0 aromatic carbocycles. The zero-order valence-corrected chi connectivity index (χ0v) is 12.7. The quantitative estimate of drug-likeness (QED) is 0.249. The summed E-state index contributed by atoms with van der Waals surface area (Å²) in [6.07, 6.45) is 1.64. The predicted molar refractivity (Wildman–Crippen MR) is 79.7 cm³/mol. The first kappa shape index (κ1) is 16.5. The molecule has 0 amide bonds. The Balaban J connectivity index is 2.64. The Bertz CT molecular complexity index is 469. The van der Waals surface area contributed by atoms with Gasteiger partial charge in [0.1, 0.15) is 6.04 Å². The van der Waals surface area contributed by atoms with Crippen LogP contribution < -0.4 is 5.32 Å². The Kier molecular flexibility index (Phi) is 7.72. The third-order valence-corrected chi connectivity index (χ3v) is 3.98. The first-order valence-electron chi connectivity index (χ1n) is 6.72. The molecule has 7 heteroatoms. The second kappa shape index (κ2) is 9.36. The minimum absolute atomic E-state index is 0.263. The standard InChI is InChI=1S/C13H20N4O2S/c1-3-10-6-7-11(20-10)12(13(18)19-4-2)15-8-5-9-16-17-14/h6-7,12,15H,3-5,8-9H2,1-2H3. The number of ether oxygens (including phenoxy) is 1. The van der Waals surface area contributed by atoms with Gasteiger partial charge in [0.2, 0.25) is 0 Å². The van der Waals surface area contributed by atoms with Gasteiger partial charge in [-0.2, -0.15) is 0 Å². The molecule has 0 aliphatic rings. The number of aryl methyl sites for hydroxylation is 1.